The van der Waals surface area contributed by atoms with E-state index in [1.165, 1.54) is 29.5 Å². The van der Waals surface area contributed by atoms with Gasteiger partial charge in [-0.05, 0) is 19.1 Å². The van der Waals surface area contributed by atoms with Gasteiger partial charge in [-0.1, -0.05) is 11.6 Å². The maximum absolute atomic E-state index is 11.9. The zero-order valence-electron chi connectivity index (χ0n) is 9.71. The number of hydrogen-bond acceptors (Lipinski definition) is 5. The summed E-state index contributed by atoms with van der Waals surface area (Å²) in [5, 5.41) is 13.6. The molecule has 0 atom stereocenters. The minimum absolute atomic E-state index is 0.0760. The summed E-state index contributed by atoms with van der Waals surface area (Å²) in [5.74, 6) is -0.411. The topological polar surface area (TPSA) is 85.1 Å². The van der Waals surface area contributed by atoms with Crippen molar-refractivity contribution in [1.29, 1.82) is 0 Å². The van der Waals surface area contributed by atoms with Gasteiger partial charge in [0.25, 0.3) is 11.6 Å². The molecule has 0 aliphatic carbocycles. The predicted octanol–water partition coefficient (Wildman–Crippen LogP) is 3.27. The first-order valence-electron chi connectivity index (χ1n) is 5.15. The highest BCUT2D eigenvalue weighted by atomic mass is 35.5. The van der Waals surface area contributed by atoms with Crippen LogP contribution >= 0.6 is 22.9 Å². The van der Waals surface area contributed by atoms with Crippen molar-refractivity contribution >= 4 is 39.7 Å². The molecule has 98 valence electrons. The lowest BCUT2D eigenvalue weighted by Gasteiger charge is -2.02. The Labute approximate surface area is 117 Å². The van der Waals surface area contributed by atoms with Crippen molar-refractivity contribution in [2.75, 3.05) is 5.32 Å². The van der Waals surface area contributed by atoms with Crippen LogP contribution in [0.25, 0.3) is 0 Å². The number of nitrogens with zero attached hydrogens (tertiary/aromatic N) is 2. The Morgan fingerprint density at radius 3 is 2.79 bits per heavy atom. The molecule has 2 aromatic rings. The summed E-state index contributed by atoms with van der Waals surface area (Å²) >= 11 is 7.08. The third-order valence-electron chi connectivity index (χ3n) is 2.25. The van der Waals surface area contributed by atoms with Gasteiger partial charge in [-0.15, -0.1) is 11.3 Å². The standard InChI is InChI=1S/C11H8ClN3O3S/c1-6-5-13-11(19-6)14-10(16)7-2-3-9(15(17)18)8(12)4-7/h2-5H,1H3,(H,13,14,16). The van der Waals surface area contributed by atoms with Gasteiger partial charge in [-0.2, -0.15) is 0 Å². The molecule has 0 spiro atoms. The first-order valence-corrected chi connectivity index (χ1v) is 6.34. The van der Waals surface area contributed by atoms with Gasteiger partial charge in [0.2, 0.25) is 0 Å². The number of carbonyl (C=O) groups excluding carboxylic acids is 1. The molecule has 2 rings (SSSR count). The molecule has 19 heavy (non-hydrogen) atoms. The van der Waals surface area contributed by atoms with E-state index in [0.717, 1.165) is 4.88 Å². The van der Waals surface area contributed by atoms with Crippen molar-refractivity contribution in [3.05, 3.63) is 50.0 Å². The highest BCUT2D eigenvalue weighted by Crippen LogP contribution is 2.25. The number of anilines is 1. The largest absolute Gasteiger partial charge is 0.298 e. The van der Waals surface area contributed by atoms with Crippen LogP contribution in [0.2, 0.25) is 5.02 Å². The quantitative estimate of drug-likeness (QED) is 0.696. The van der Waals surface area contributed by atoms with Crippen LogP contribution < -0.4 is 5.32 Å². The lowest BCUT2D eigenvalue weighted by molar-refractivity contribution is -0.384. The number of aromatic nitrogens is 1. The maximum atomic E-state index is 11.9. The number of nitro benzene ring substituents is 1. The third kappa shape index (κ3) is 3.07. The van der Waals surface area contributed by atoms with Gasteiger partial charge >= 0.3 is 0 Å². The second kappa shape index (κ2) is 5.33. The van der Waals surface area contributed by atoms with E-state index in [2.05, 4.69) is 10.3 Å². The van der Waals surface area contributed by atoms with E-state index >= 15 is 0 Å². The molecule has 0 aliphatic heterocycles. The van der Waals surface area contributed by atoms with Gasteiger partial charge < -0.3 is 0 Å². The van der Waals surface area contributed by atoms with Crippen molar-refractivity contribution in [1.82, 2.24) is 4.98 Å². The number of carbonyl (C=O) groups is 1. The van der Waals surface area contributed by atoms with Crippen LogP contribution in [0.5, 0.6) is 0 Å². The van der Waals surface area contributed by atoms with E-state index in [4.69, 9.17) is 11.6 Å². The number of halogens is 1. The van der Waals surface area contributed by atoms with E-state index in [-0.39, 0.29) is 16.3 Å². The van der Waals surface area contributed by atoms with Crippen LogP contribution in [0, 0.1) is 17.0 Å². The average molecular weight is 298 g/mol. The lowest BCUT2D eigenvalue weighted by atomic mass is 10.2. The van der Waals surface area contributed by atoms with E-state index in [1.807, 2.05) is 6.92 Å². The Morgan fingerprint density at radius 2 is 2.26 bits per heavy atom. The van der Waals surface area contributed by atoms with Crippen LogP contribution in [0.15, 0.2) is 24.4 Å². The Morgan fingerprint density at radius 1 is 1.53 bits per heavy atom. The summed E-state index contributed by atoms with van der Waals surface area (Å²) in [6.07, 6.45) is 1.64. The van der Waals surface area contributed by atoms with Gasteiger partial charge in [0.05, 0.1) is 4.92 Å². The van der Waals surface area contributed by atoms with Crippen LogP contribution in [0.3, 0.4) is 0 Å². The zero-order chi connectivity index (χ0) is 14.0. The van der Waals surface area contributed by atoms with E-state index < -0.39 is 10.8 Å². The number of amides is 1. The molecular weight excluding hydrogens is 290 g/mol. The Kier molecular flexibility index (Phi) is 3.77. The SMILES string of the molecule is Cc1cnc(NC(=O)c2ccc([N+](=O)[O-])c(Cl)c2)s1. The molecule has 0 fully saturated rings. The maximum Gasteiger partial charge on any atom is 0.287 e. The fourth-order valence-electron chi connectivity index (χ4n) is 1.38. The summed E-state index contributed by atoms with van der Waals surface area (Å²) < 4.78 is 0. The van der Waals surface area contributed by atoms with Crippen molar-refractivity contribution in [3.63, 3.8) is 0 Å². The molecule has 0 radical (unpaired) electrons. The highest BCUT2D eigenvalue weighted by molar-refractivity contribution is 7.15. The van der Waals surface area contributed by atoms with Crippen molar-refractivity contribution in [3.8, 4) is 0 Å². The van der Waals surface area contributed by atoms with E-state index in [1.54, 1.807) is 6.20 Å². The Hall–Kier alpha value is -1.99. The predicted molar refractivity (Wildman–Crippen MR) is 72.9 cm³/mol. The second-order valence-corrected chi connectivity index (χ2v) is 5.30. The molecule has 1 aromatic heterocycles. The first-order chi connectivity index (χ1) is 8.97. The monoisotopic (exact) mass is 297 g/mol. The molecule has 0 saturated carbocycles. The molecule has 0 aliphatic rings. The van der Waals surface area contributed by atoms with Crippen molar-refractivity contribution < 1.29 is 9.72 Å². The van der Waals surface area contributed by atoms with E-state index in [9.17, 15) is 14.9 Å². The summed E-state index contributed by atoms with van der Waals surface area (Å²) in [7, 11) is 0. The first kappa shape index (κ1) is 13.4. The fraction of sp³-hybridized carbons (Fsp3) is 0.0909. The Balaban J connectivity index is 2.20. The van der Waals surface area contributed by atoms with Gasteiger partial charge in [0.15, 0.2) is 5.13 Å². The number of thiazole rings is 1. The summed E-state index contributed by atoms with van der Waals surface area (Å²) in [6.45, 7) is 1.87. The second-order valence-electron chi connectivity index (χ2n) is 3.65. The van der Waals surface area contributed by atoms with Crippen LogP contribution in [0.1, 0.15) is 15.2 Å². The fourth-order valence-corrected chi connectivity index (χ4v) is 2.29. The lowest BCUT2D eigenvalue weighted by Crippen LogP contribution is -2.11. The number of aryl methyl sites for hydroxylation is 1. The van der Waals surface area contributed by atoms with Crippen molar-refractivity contribution in [2.24, 2.45) is 0 Å². The molecule has 1 heterocycles. The molecular formula is C11H8ClN3O3S. The minimum atomic E-state index is -0.603. The van der Waals surface area contributed by atoms with Crippen LogP contribution in [0.4, 0.5) is 10.8 Å². The molecule has 1 amide bonds. The van der Waals surface area contributed by atoms with Crippen LogP contribution in [-0.4, -0.2) is 15.8 Å². The number of rotatable bonds is 3. The van der Waals surface area contributed by atoms with Gasteiger partial charge in [-0.25, -0.2) is 4.98 Å². The molecule has 1 aromatic carbocycles. The average Bonchev–Trinajstić information content (AvgIpc) is 2.74. The molecule has 0 saturated heterocycles. The van der Waals surface area contributed by atoms with Gasteiger partial charge in [-0.3, -0.25) is 20.2 Å². The van der Waals surface area contributed by atoms with Crippen LogP contribution in [-0.2, 0) is 0 Å². The Bertz CT molecular complexity index is 656. The smallest absolute Gasteiger partial charge is 0.287 e. The third-order valence-corrected chi connectivity index (χ3v) is 3.38. The number of nitrogens with one attached hydrogen (secondary N) is 1. The minimum Gasteiger partial charge on any atom is -0.298 e. The van der Waals surface area contributed by atoms with Gasteiger partial charge in [0.1, 0.15) is 5.02 Å². The molecule has 0 bridgehead atoms. The summed E-state index contributed by atoms with van der Waals surface area (Å²) in [5.41, 5.74) is 0.00626. The van der Waals surface area contributed by atoms with Crippen molar-refractivity contribution in [2.45, 2.75) is 6.92 Å². The van der Waals surface area contributed by atoms with E-state index in [0.29, 0.717) is 5.13 Å². The summed E-state index contributed by atoms with van der Waals surface area (Å²) in [4.78, 5) is 26.9. The molecule has 1 N–H and O–H groups in total. The molecule has 6 nitrogen and oxygen atoms in total. The number of nitro groups is 1. The zero-order valence-corrected chi connectivity index (χ0v) is 11.3. The number of hydrogen-bond donors (Lipinski definition) is 1. The van der Waals surface area contributed by atoms with Gasteiger partial charge in [0, 0.05) is 22.7 Å². The molecule has 0 unspecified atom stereocenters. The molecule has 8 heteroatoms. The normalized spacial score (nSPS) is 10.2. The highest BCUT2D eigenvalue weighted by Gasteiger charge is 2.15. The summed E-state index contributed by atoms with van der Waals surface area (Å²) in [6, 6.07) is 3.81. The number of benzene rings is 1.